The molecule has 0 radical (unpaired) electrons. The molecule has 2 unspecified atom stereocenters. The number of nitrogens with one attached hydrogen (secondary N) is 1. The summed E-state index contributed by atoms with van der Waals surface area (Å²) in [6.07, 6.45) is 2.64. The lowest BCUT2D eigenvalue weighted by Gasteiger charge is -2.13. The van der Waals surface area contributed by atoms with Crippen molar-refractivity contribution in [3.63, 3.8) is 0 Å². The van der Waals surface area contributed by atoms with Gasteiger partial charge in [-0.15, -0.1) is 11.3 Å². The topological polar surface area (TPSA) is 32.3 Å². The van der Waals surface area contributed by atoms with E-state index in [-0.39, 0.29) is 6.10 Å². The third kappa shape index (κ3) is 4.53. The van der Waals surface area contributed by atoms with Gasteiger partial charge in [-0.25, -0.2) is 0 Å². The van der Waals surface area contributed by atoms with Crippen molar-refractivity contribution in [1.82, 2.24) is 5.32 Å². The van der Waals surface area contributed by atoms with Crippen molar-refractivity contribution < 1.29 is 5.11 Å². The zero-order valence-electron chi connectivity index (χ0n) is 9.87. The lowest BCUT2D eigenvalue weighted by molar-refractivity contribution is 0.157. The zero-order valence-corrected chi connectivity index (χ0v) is 12.3. The van der Waals surface area contributed by atoms with Crippen LogP contribution in [0.1, 0.15) is 44.0 Å². The lowest BCUT2D eigenvalue weighted by Crippen LogP contribution is -2.20. The normalized spacial score (nSPS) is 15.0. The van der Waals surface area contributed by atoms with Crippen LogP contribution in [0.15, 0.2) is 15.9 Å². The molecule has 2 N–H and O–H groups in total. The van der Waals surface area contributed by atoms with Crippen LogP contribution in [-0.4, -0.2) is 17.8 Å². The summed E-state index contributed by atoms with van der Waals surface area (Å²) in [7, 11) is 0. The molecule has 0 spiro atoms. The van der Waals surface area contributed by atoms with Crippen molar-refractivity contribution in [2.24, 2.45) is 0 Å². The van der Waals surface area contributed by atoms with Crippen molar-refractivity contribution in [3.05, 3.63) is 20.8 Å². The number of thiophene rings is 1. The smallest absolute Gasteiger partial charge is 0.0538 e. The number of aliphatic hydroxyl groups excluding tert-OH is 1. The molecule has 1 aromatic heterocycles. The lowest BCUT2D eigenvalue weighted by atomic mass is 10.1. The van der Waals surface area contributed by atoms with E-state index in [1.807, 2.05) is 6.92 Å². The molecular formula is C12H20BrNOS. The third-order valence-corrected chi connectivity index (χ3v) is 4.73. The molecule has 0 bridgehead atoms. The number of aliphatic hydroxyl groups is 1. The molecule has 0 saturated carbocycles. The average Bonchev–Trinajstić information content (AvgIpc) is 2.70. The largest absolute Gasteiger partial charge is 0.393 e. The summed E-state index contributed by atoms with van der Waals surface area (Å²) in [6.45, 7) is 5.15. The Kier molecular flexibility index (Phi) is 6.58. The van der Waals surface area contributed by atoms with Gasteiger partial charge in [-0.2, -0.15) is 0 Å². The molecule has 16 heavy (non-hydrogen) atoms. The Bertz CT molecular complexity index is 303. The molecule has 4 heteroatoms. The van der Waals surface area contributed by atoms with Gasteiger partial charge in [0.05, 0.1) is 6.10 Å². The van der Waals surface area contributed by atoms with Gasteiger partial charge in [-0.05, 0) is 60.1 Å². The van der Waals surface area contributed by atoms with Crippen molar-refractivity contribution in [2.75, 3.05) is 6.54 Å². The predicted molar refractivity (Wildman–Crippen MR) is 74.0 cm³/mol. The van der Waals surface area contributed by atoms with Crippen LogP contribution >= 0.6 is 27.3 Å². The van der Waals surface area contributed by atoms with E-state index in [0.29, 0.717) is 6.04 Å². The molecule has 2 atom stereocenters. The SMILES string of the molecule is CCC(O)CCCNC(C)c1sccc1Br. The maximum atomic E-state index is 9.42. The van der Waals surface area contributed by atoms with Crippen LogP contribution in [0, 0.1) is 0 Å². The minimum atomic E-state index is -0.134. The molecule has 0 amide bonds. The Balaban J connectivity index is 2.21. The van der Waals surface area contributed by atoms with Crippen LogP contribution in [-0.2, 0) is 0 Å². The Hall–Kier alpha value is 0.100. The summed E-state index contributed by atoms with van der Waals surface area (Å²) in [6, 6.07) is 2.46. The average molecular weight is 306 g/mol. The first kappa shape index (κ1) is 14.2. The molecule has 0 saturated heterocycles. The molecule has 92 valence electrons. The molecule has 0 aliphatic carbocycles. The van der Waals surface area contributed by atoms with Gasteiger partial charge < -0.3 is 10.4 Å². The van der Waals surface area contributed by atoms with Crippen molar-refractivity contribution >= 4 is 27.3 Å². The van der Waals surface area contributed by atoms with Crippen molar-refractivity contribution in [2.45, 2.75) is 45.3 Å². The fraction of sp³-hybridized carbons (Fsp3) is 0.667. The molecule has 0 aliphatic rings. The minimum absolute atomic E-state index is 0.134. The quantitative estimate of drug-likeness (QED) is 0.753. The summed E-state index contributed by atoms with van der Waals surface area (Å²) in [4.78, 5) is 1.34. The van der Waals surface area contributed by atoms with E-state index < -0.39 is 0 Å². The van der Waals surface area contributed by atoms with E-state index >= 15 is 0 Å². The number of halogens is 1. The summed E-state index contributed by atoms with van der Waals surface area (Å²) in [5.41, 5.74) is 0. The number of hydrogen-bond acceptors (Lipinski definition) is 3. The fourth-order valence-corrected chi connectivity index (χ4v) is 3.32. The first-order valence-corrected chi connectivity index (χ1v) is 7.46. The van der Waals surface area contributed by atoms with E-state index in [4.69, 9.17) is 0 Å². The van der Waals surface area contributed by atoms with E-state index in [1.54, 1.807) is 11.3 Å². The molecule has 0 fully saturated rings. The Morgan fingerprint density at radius 1 is 1.56 bits per heavy atom. The van der Waals surface area contributed by atoms with Gasteiger partial charge in [-0.3, -0.25) is 0 Å². The highest BCUT2D eigenvalue weighted by atomic mass is 79.9. The van der Waals surface area contributed by atoms with Gasteiger partial charge in [0.2, 0.25) is 0 Å². The zero-order chi connectivity index (χ0) is 12.0. The second-order valence-corrected chi connectivity index (χ2v) is 5.81. The summed E-state index contributed by atoms with van der Waals surface area (Å²) < 4.78 is 1.19. The maximum absolute atomic E-state index is 9.42. The van der Waals surface area contributed by atoms with E-state index in [1.165, 1.54) is 9.35 Å². The van der Waals surface area contributed by atoms with E-state index in [9.17, 15) is 5.11 Å². The van der Waals surface area contributed by atoms with Crippen LogP contribution < -0.4 is 5.32 Å². The van der Waals surface area contributed by atoms with Gasteiger partial charge >= 0.3 is 0 Å². The maximum Gasteiger partial charge on any atom is 0.0538 e. The van der Waals surface area contributed by atoms with Crippen molar-refractivity contribution in [1.29, 1.82) is 0 Å². The Labute approximate surface area is 110 Å². The monoisotopic (exact) mass is 305 g/mol. The molecule has 0 aromatic carbocycles. The summed E-state index contributed by atoms with van der Waals surface area (Å²) in [5.74, 6) is 0. The van der Waals surface area contributed by atoms with Gasteiger partial charge in [0.1, 0.15) is 0 Å². The van der Waals surface area contributed by atoms with E-state index in [2.05, 4.69) is 39.6 Å². The number of rotatable bonds is 7. The Morgan fingerprint density at radius 2 is 2.31 bits per heavy atom. The summed E-state index contributed by atoms with van der Waals surface area (Å²) in [5, 5.41) is 15.0. The predicted octanol–water partition coefficient (Wildman–Crippen LogP) is 3.71. The van der Waals surface area contributed by atoms with Crippen LogP contribution in [0.3, 0.4) is 0 Å². The van der Waals surface area contributed by atoms with Crippen LogP contribution in [0.4, 0.5) is 0 Å². The van der Waals surface area contributed by atoms with E-state index in [0.717, 1.165) is 25.8 Å². The first-order valence-electron chi connectivity index (χ1n) is 5.79. The highest BCUT2D eigenvalue weighted by Gasteiger charge is 2.09. The molecular weight excluding hydrogens is 286 g/mol. The van der Waals surface area contributed by atoms with Crippen molar-refractivity contribution in [3.8, 4) is 0 Å². The molecule has 0 aliphatic heterocycles. The highest BCUT2D eigenvalue weighted by molar-refractivity contribution is 9.10. The third-order valence-electron chi connectivity index (χ3n) is 2.67. The molecule has 2 nitrogen and oxygen atoms in total. The van der Waals surface area contributed by atoms with Crippen LogP contribution in [0.25, 0.3) is 0 Å². The van der Waals surface area contributed by atoms with Gasteiger partial charge in [0, 0.05) is 15.4 Å². The molecule has 1 rings (SSSR count). The second-order valence-electron chi connectivity index (χ2n) is 4.01. The molecule has 1 heterocycles. The second kappa shape index (κ2) is 7.43. The standard InChI is InChI=1S/C12H20BrNOS/c1-3-10(15)5-4-7-14-9(2)12-11(13)6-8-16-12/h6,8-10,14-15H,3-5,7H2,1-2H3. The number of hydrogen-bond donors (Lipinski definition) is 2. The van der Waals surface area contributed by atoms with Gasteiger partial charge in [0.15, 0.2) is 0 Å². The molecule has 1 aromatic rings. The fourth-order valence-electron chi connectivity index (χ4n) is 1.57. The summed E-state index contributed by atoms with van der Waals surface area (Å²) >= 11 is 5.31. The van der Waals surface area contributed by atoms with Gasteiger partial charge in [0.25, 0.3) is 0 Å². The van der Waals surface area contributed by atoms with Gasteiger partial charge in [-0.1, -0.05) is 6.92 Å². The van der Waals surface area contributed by atoms with Crippen LogP contribution in [0.2, 0.25) is 0 Å². The minimum Gasteiger partial charge on any atom is -0.393 e. The first-order chi connectivity index (χ1) is 7.65. The highest BCUT2D eigenvalue weighted by Crippen LogP contribution is 2.28. The van der Waals surface area contributed by atoms with Crippen LogP contribution in [0.5, 0.6) is 0 Å². The Morgan fingerprint density at radius 3 is 2.88 bits per heavy atom.